The fourth-order valence-electron chi connectivity index (χ4n) is 4.82. The molecule has 1 N–H and O–H groups in total. The van der Waals surface area contributed by atoms with Gasteiger partial charge in [0.05, 0.1) is 25.3 Å². The number of nitrogens with zero attached hydrogens (tertiary/aromatic N) is 1. The van der Waals surface area contributed by atoms with Crippen LogP contribution in [0, 0.1) is 0 Å². The number of nitrogens with one attached hydrogen (secondary N) is 1. The van der Waals surface area contributed by atoms with Crippen molar-refractivity contribution in [3.63, 3.8) is 0 Å². The molecule has 5 atom stereocenters. The first kappa shape index (κ1) is 29.2. The van der Waals surface area contributed by atoms with E-state index in [4.69, 9.17) is 23.7 Å². The third-order valence-electron chi connectivity index (χ3n) is 6.57. The van der Waals surface area contributed by atoms with Crippen LogP contribution in [0.15, 0.2) is 60.7 Å². The predicted octanol–water partition coefficient (Wildman–Crippen LogP) is 2.00. The molecule has 10 heteroatoms. The molecule has 1 aliphatic rings. The fraction of sp³-hybridized carbons (Fsp3) is 0.464. The molecule has 1 saturated heterocycles. The molecule has 1 heterocycles. The molecule has 2 aromatic rings. The lowest BCUT2D eigenvalue weighted by atomic mass is 10.0. The second kappa shape index (κ2) is 14.6. The Morgan fingerprint density at radius 3 is 1.76 bits per heavy atom. The SMILES string of the molecule is COCC1C(OC)C(OC)C(COC)N1C(=O)C(=O)C(Cc1ccccc1)NC(=O)OCc1ccccc1. The van der Waals surface area contributed by atoms with Crippen LogP contribution in [-0.4, -0.2) is 94.7 Å². The number of Topliss-reactive ketones (excluding diaryl/α,β-unsaturated/α-hetero) is 1. The van der Waals surface area contributed by atoms with Crippen LogP contribution in [0.3, 0.4) is 0 Å². The summed E-state index contributed by atoms with van der Waals surface area (Å²) in [6.45, 7) is 0.261. The standard InChI is InChI=1S/C28H36N2O8/c1-34-17-22-25(36-3)26(37-4)23(18-35-2)30(22)27(32)24(31)21(15-19-11-7-5-8-12-19)29-28(33)38-16-20-13-9-6-10-14-20/h5-14,21-23,25-26H,15-18H2,1-4H3,(H,29,33). The van der Waals surface area contributed by atoms with Crippen molar-refractivity contribution in [2.45, 2.75) is 43.4 Å². The number of ether oxygens (including phenoxy) is 5. The van der Waals surface area contributed by atoms with E-state index in [1.807, 2.05) is 60.7 Å². The highest BCUT2D eigenvalue weighted by atomic mass is 16.6. The van der Waals surface area contributed by atoms with Crippen LogP contribution >= 0.6 is 0 Å². The van der Waals surface area contributed by atoms with Gasteiger partial charge in [0.15, 0.2) is 0 Å². The van der Waals surface area contributed by atoms with Gasteiger partial charge in [-0.15, -0.1) is 0 Å². The molecule has 1 aliphatic heterocycles. The van der Waals surface area contributed by atoms with Crippen LogP contribution in [0.5, 0.6) is 0 Å². The van der Waals surface area contributed by atoms with Crippen LogP contribution in [0.2, 0.25) is 0 Å². The van der Waals surface area contributed by atoms with Gasteiger partial charge in [0.25, 0.3) is 5.91 Å². The van der Waals surface area contributed by atoms with Gasteiger partial charge in [0, 0.05) is 34.9 Å². The lowest BCUT2D eigenvalue weighted by Gasteiger charge is -2.31. The Morgan fingerprint density at radius 2 is 1.29 bits per heavy atom. The van der Waals surface area contributed by atoms with Crippen molar-refractivity contribution in [2.75, 3.05) is 41.7 Å². The number of rotatable bonds is 13. The van der Waals surface area contributed by atoms with E-state index in [0.717, 1.165) is 11.1 Å². The molecule has 0 bridgehead atoms. The fourth-order valence-corrected chi connectivity index (χ4v) is 4.82. The molecule has 3 rings (SSSR count). The summed E-state index contributed by atoms with van der Waals surface area (Å²) in [4.78, 5) is 41.6. The smallest absolute Gasteiger partial charge is 0.408 e. The zero-order valence-corrected chi connectivity index (χ0v) is 22.2. The van der Waals surface area contributed by atoms with E-state index in [1.54, 1.807) is 0 Å². The highest BCUT2D eigenvalue weighted by molar-refractivity contribution is 6.38. The maximum atomic E-state index is 13.8. The molecule has 38 heavy (non-hydrogen) atoms. The molecule has 206 valence electrons. The lowest BCUT2D eigenvalue weighted by Crippen LogP contribution is -2.55. The summed E-state index contributed by atoms with van der Waals surface area (Å²) in [5.41, 5.74) is 1.57. The normalized spacial score (nSPS) is 21.6. The summed E-state index contributed by atoms with van der Waals surface area (Å²) in [6, 6.07) is 15.9. The highest BCUT2D eigenvalue weighted by Gasteiger charge is 2.53. The highest BCUT2D eigenvalue weighted by Crippen LogP contribution is 2.30. The minimum absolute atomic E-state index is 0.0237. The summed E-state index contributed by atoms with van der Waals surface area (Å²) in [5.74, 6) is -1.58. The third kappa shape index (κ3) is 7.16. The number of hydrogen-bond donors (Lipinski definition) is 1. The number of benzene rings is 2. The van der Waals surface area contributed by atoms with Crippen molar-refractivity contribution < 1.29 is 38.1 Å². The molecule has 1 fully saturated rings. The zero-order valence-electron chi connectivity index (χ0n) is 22.2. The van der Waals surface area contributed by atoms with Gasteiger partial charge in [0.2, 0.25) is 5.78 Å². The monoisotopic (exact) mass is 528 g/mol. The molecule has 2 aromatic carbocycles. The zero-order chi connectivity index (χ0) is 27.5. The van der Waals surface area contributed by atoms with Gasteiger partial charge in [-0.3, -0.25) is 9.59 Å². The molecule has 10 nitrogen and oxygen atoms in total. The van der Waals surface area contributed by atoms with Gasteiger partial charge in [-0.1, -0.05) is 60.7 Å². The van der Waals surface area contributed by atoms with Crippen LogP contribution in [0.25, 0.3) is 0 Å². The van der Waals surface area contributed by atoms with Crippen molar-refractivity contribution in [3.05, 3.63) is 71.8 Å². The molecule has 0 aromatic heterocycles. The maximum absolute atomic E-state index is 13.8. The average molecular weight is 529 g/mol. The van der Waals surface area contributed by atoms with Gasteiger partial charge in [-0.25, -0.2) is 4.79 Å². The van der Waals surface area contributed by atoms with E-state index >= 15 is 0 Å². The Balaban J connectivity index is 1.85. The Hall–Kier alpha value is -3.31. The number of likely N-dealkylation sites (tertiary alicyclic amines) is 1. The first-order chi connectivity index (χ1) is 18.4. The van der Waals surface area contributed by atoms with Crippen LogP contribution in [-0.2, 0) is 46.3 Å². The first-order valence-electron chi connectivity index (χ1n) is 12.4. The van der Waals surface area contributed by atoms with Gasteiger partial charge < -0.3 is 33.9 Å². The van der Waals surface area contributed by atoms with E-state index in [2.05, 4.69) is 5.32 Å². The number of carbonyl (C=O) groups excluding carboxylic acids is 3. The molecule has 0 aliphatic carbocycles. The quantitative estimate of drug-likeness (QED) is 0.393. The van der Waals surface area contributed by atoms with E-state index in [9.17, 15) is 14.4 Å². The molecular formula is C28H36N2O8. The Bertz CT molecular complexity index is 1020. The molecule has 0 radical (unpaired) electrons. The van der Waals surface area contributed by atoms with Gasteiger partial charge in [0.1, 0.15) is 24.9 Å². The van der Waals surface area contributed by atoms with E-state index in [-0.39, 0.29) is 26.2 Å². The van der Waals surface area contributed by atoms with Crippen molar-refractivity contribution in [1.29, 1.82) is 0 Å². The van der Waals surface area contributed by atoms with Crippen molar-refractivity contribution >= 4 is 17.8 Å². The topological polar surface area (TPSA) is 113 Å². The van der Waals surface area contributed by atoms with Crippen LogP contribution < -0.4 is 5.32 Å². The third-order valence-corrected chi connectivity index (χ3v) is 6.57. The van der Waals surface area contributed by atoms with Crippen LogP contribution in [0.1, 0.15) is 11.1 Å². The Labute approximate surface area is 223 Å². The Morgan fingerprint density at radius 1 is 0.789 bits per heavy atom. The maximum Gasteiger partial charge on any atom is 0.408 e. The number of alkyl carbamates (subject to hydrolysis) is 1. The van der Waals surface area contributed by atoms with Crippen LogP contribution in [0.4, 0.5) is 4.79 Å². The summed E-state index contributed by atoms with van der Waals surface area (Å²) >= 11 is 0. The molecule has 2 amide bonds. The van der Waals surface area contributed by atoms with Gasteiger partial charge in [-0.05, 0) is 11.1 Å². The second-order valence-electron chi connectivity index (χ2n) is 8.97. The largest absolute Gasteiger partial charge is 0.445 e. The van der Waals surface area contributed by atoms with Crippen molar-refractivity contribution in [1.82, 2.24) is 10.2 Å². The Kier molecular flexibility index (Phi) is 11.2. The second-order valence-corrected chi connectivity index (χ2v) is 8.97. The summed E-state index contributed by atoms with van der Waals surface area (Å²) in [6.07, 6.45) is -1.80. The first-order valence-corrected chi connectivity index (χ1v) is 12.4. The van der Waals surface area contributed by atoms with Gasteiger partial charge in [-0.2, -0.15) is 0 Å². The van der Waals surface area contributed by atoms with E-state index in [1.165, 1.54) is 33.3 Å². The molecule has 0 spiro atoms. The number of methoxy groups -OCH3 is 4. The average Bonchev–Trinajstić information content (AvgIpc) is 3.24. The predicted molar refractivity (Wildman–Crippen MR) is 138 cm³/mol. The summed E-state index contributed by atoms with van der Waals surface area (Å²) < 4.78 is 27.4. The summed E-state index contributed by atoms with van der Waals surface area (Å²) in [7, 11) is 6.04. The number of hydrogen-bond acceptors (Lipinski definition) is 8. The molecular weight excluding hydrogens is 492 g/mol. The minimum Gasteiger partial charge on any atom is -0.445 e. The number of amides is 2. The van der Waals surface area contributed by atoms with Crippen molar-refractivity contribution in [2.24, 2.45) is 0 Å². The molecule has 0 saturated carbocycles. The van der Waals surface area contributed by atoms with E-state index in [0.29, 0.717) is 0 Å². The minimum atomic E-state index is -1.16. The van der Waals surface area contributed by atoms with Gasteiger partial charge >= 0.3 is 6.09 Å². The number of ketones is 1. The molecule has 5 unspecified atom stereocenters. The van der Waals surface area contributed by atoms with E-state index < -0.39 is 48.1 Å². The summed E-state index contributed by atoms with van der Waals surface area (Å²) in [5, 5.41) is 2.60. The lowest BCUT2D eigenvalue weighted by molar-refractivity contribution is -0.150. The van der Waals surface area contributed by atoms with Crippen molar-refractivity contribution in [3.8, 4) is 0 Å². The number of carbonyl (C=O) groups is 3.